The summed E-state index contributed by atoms with van der Waals surface area (Å²) in [6.07, 6.45) is 4.87. The van der Waals surface area contributed by atoms with Crippen LogP contribution in [-0.2, 0) is 9.53 Å². The van der Waals surface area contributed by atoms with Gasteiger partial charge < -0.3 is 26.0 Å². The minimum absolute atomic E-state index is 0.108. The van der Waals surface area contributed by atoms with Crippen molar-refractivity contribution < 1.29 is 27.5 Å². The van der Waals surface area contributed by atoms with E-state index < -0.39 is 28.7 Å². The number of carbonyl (C=O) groups excluding carboxylic acids is 2. The molecule has 2 aromatic heterocycles. The van der Waals surface area contributed by atoms with Crippen LogP contribution in [-0.4, -0.2) is 61.2 Å². The van der Waals surface area contributed by atoms with E-state index in [9.17, 15) is 22.8 Å². The summed E-state index contributed by atoms with van der Waals surface area (Å²) < 4.78 is 49.9. The summed E-state index contributed by atoms with van der Waals surface area (Å²) in [4.78, 5) is 39.6. The number of primary amides is 1. The van der Waals surface area contributed by atoms with Gasteiger partial charge in [0.15, 0.2) is 17.3 Å². The zero-order valence-corrected chi connectivity index (χ0v) is 23.8. The fraction of sp³-hybridized carbons (Fsp3) is 0.536. The number of amides is 2. The molecule has 3 aromatic rings. The second-order valence-corrected chi connectivity index (χ2v) is 11.9. The lowest BCUT2D eigenvalue weighted by Gasteiger charge is -2.34. The molecule has 4 N–H and O–H groups in total. The van der Waals surface area contributed by atoms with Crippen molar-refractivity contribution >= 4 is 40.7 Å². The molecule has 1 atom stereocenters. The number of carbonyl (C=O) groups is 2. The summed E-state index contributed by atoms with van der Waals surface area (Å²) in [6, 6.07) is 0.831. The molecule has 0 spiro atoms. The molecule has 14 heteroatoms. The quantitative estimate of drug-likeness (QED) is 0.365. The Hall–Kier alpha value is -4.10. The lowest BCUT2D eigenvalue weighted by molar-refractivity contribution is -0.122. The van der Waals surface area contributed by atoms with E-state index in [1.165, 1.54) is 6.20 Å². The zero-order chi connectivity index (χ0) is 30.2. The van der Waals surface area contributed by atoms with Crippen molar-refractivity contribution in [3.8, 4) is 0 Å². The smallest absolute Gasteiger partial charge is 0.410 e. The summed E-state index contributed by atoms with van der Waals surface area (Å²) in [6.45, 7) is 6.44. The Balaban J connectivity index is 1.44. The fourth-order valence-electron chi connectivity index (χ4n) is 5.56. The first-order chi connectivity index (χ1) is 19.9. The van der Waals surface area contributed by atoms with Gasteiger partial charge in [-0.05, 0) is 59.3 Å². The van der Waals surface area contributed by atoms with Gasteiger partial charge in [0.1, 0.15) is 22.6 Å². The third kappa shape index (κ3) is 6.52. The van der Waals surface area contributed by atoms with E-state index >= 15 is 0 Å². The number of imidazole rings is 1. The van der Waals surface area contributed by atoms with E-state index in [-0.39, 0.29) is 36.0 Å². The normalized spacial score (nSPS) is 21.3. The number of ether oxygens (including phenoxy) is 1. The number of rotatable bonds is 6. The molecule has 226 valence electrons. The van der Waals surface area contributed by atoms with Crippen LogP contribution in [0.2, 0.25) is 0 Å². The number of fused-ring (bicyclic) bond motifs is 1. The Morgan fingerprint density at radius 2 is 1.74 bits per heavy atom. The second-order valence-electron chi connectivity index (χ2n) is 11.9. The highest BCUT2D eigenvalue weighted by molar-refractivity contribution is 5.78. The van der Waals surface area contributed by atoms with Gasteiger partial charge in [-0.2, -0.15) is 4.98 Å². The standard InChI is InChI=1S/C28H35F3N8O3/c1-28(2,3)42-27(41)38-10-4-5-17(14-38)34-25-33-13-21-24(37-25)39(18-8-6-15(7-9-18)23(32)40)26(35-21)36-22-19(30)11-16(29)12-20(22)31/h11-13,15,17-18H,4-10,14H2,1-3H3,(H2,32,40)(H,35,36)(H,33,34,37)/t15-,17-,18+/m1/s1. The zero-order valence-electron chi connectivity index (χ0n) is 23.8. The van der Waals surface area contributed by atoms with Gasteiger partial charge in [-0.3, -0.25) is 9.36 Å². The van der Waals surface area contributed by atoms with Gasteiger partial charge in [0, 0.05) is 43.2 Å². The number of anilines is 3. The lowest BCUT2D eigenvalue weighted by Crippen LogP contribution is -2.47. The monoisotopic (exact) mass is 588 g/mol. The molecule has 2 fully saturated rings. The van der Waals surface area contributed by atoms with Gasteiger partial charge in [0.25, 0.3) is 0 Å². The molecule has 5 rings (SSSR count). The molecule has 0 unspecified atom stereocenters. The van der Waals surface area contributed by atoms with E-state index in [0.717, 1.165) is 12.8 Å². The maximum absolute atomic E-state index is 14.6. The van der Waals surface area contributed by atoms with Crippen molar-refractivity contribution in [3.05, 3.63) is 35.8 Å². The predicted octanol–water partition coefficient (Wildman–Crippen LogP) is 5.02. The van der Waals surface area contributed by atoms with Gasteiger partial charge in [-0.15, -0.1) is 0 Å². The fourth-order valence-corrected chi connectivity index (χ4v) is 5.56. The molecule has 11 nitrogen and oxygen atoms in total. The number of piperidine rings is 1. The number of nitrogens with one attached hydrogen (secondary N) is 2. The van der Waals surface area contributed by atoms with Crippen LogP contribution in [0.25, 0.3) is 11.2 Å². The number of hydrogen-bond acceptors (Lipinski definition) is 8. The third-order valence-corrected chi connectivity index (χ3v) is 7.55. The number of aromatic nitrogens is 4. The Bertz CT molecular complexity index is 1460. The molecule has 1 aromatic carbocycles. The molecule has 1 aliphatic carbocycles. The minimum Gasteiger partial charge on any atom is -0.444 e. The highest BCUT2D eigenvalue weighted by atomic mass is 19.1. The molecular weight excluding hydrogens is 553 g/mol. The van der Waals surface area contributed by atoms with Gasteiger partial charge in [-0.25, -0.2) is 27.9 Å². The molecule has 1 saturated heterocycles. The van der Waals surface area contributed by atoms with E-state index in [2.05, 4.69) is 20.6 Å². The van der Waals surface area contributed by atoms with Crippen molar-refractivity contribution in [3.63, 3.8) is 0 Å². The Morgan fingerprint density at radius 3 is 2.38 bits per heavy atom. The number of halogens is 3. The van der Waals surface area contributed by atoms with Gasteiger partial charge in [-0.1, -0.05) is 0 Å². The van der Waals surface area contributed by atoms with Crippen molar-refractivity contribution in [1.82, 2.24) is 24.4 Å². The number of hydrogen-bond donors (Lipinski definition) is 3. The number of likely N-dealkylation sites (tertiary alicyclic amines) is 1. The molecule has 1 saturated carbocycles. The van der Waals surface area contributed by atoms with Crippen LogP contribution in [0, 0.1) is 23.4 Å². The first kappa shape index (κ1) is 29.4. The average molecular weight is 589 g/mol. The topological polar surface area (TPSA) is 140 Å². The van der Waals surface area contributed by atoms with Gasteiger partial charge in [0.2, 0.25) is 17.8 Å². The van der Waals surface area contributed by atoms with E-state index in [1.807, 2.05) is 20.8 Å². The van der Waals surface area contributed by atoms with Crippen LogP contribution in [0.3, 0.4) is 0 Å². The maximum Gasteiger partial charge on any atom is 0.410 e. The summed E-state index contributed by atoms with van der Waals surface area (Å²) in [5.74, 6) is -3.46. The van der Waals surface area contributed by atoms with Gasteiger partial charge in [0.05, 0.1) is 6.20 Å². The van der Waals surface area contributed by atoms with E-state index in [4.69, 9.17) is 15.5 Å². The predicted molar refractivity (Wildman–Crippen MR) is 150 cm³/mol. The average Bonchev–Trinajstić information content (AvgIpc) is 3.27. The van der Waals surface area contributed by atoms with Crippen LogP contribution >= 0.6 is 0 Å². The molecule has 2 aliphatic rings. The first-order valence-corrected chi connectivity index (χ1v) is 14.1. The van der Waals surface area contributed by atoms with E-state index in [0.29, 0.717) is 68.0 Å². The molecule has 3 heterocycles. The molecular formula is C28H35F3N8O3. The Labute approximate surface area is 241 Å². The molecule has 2 amide bonds. The van der Waals surface area contributed by atoms with Crippen LogP contribution in [0.15, 0.2) is 18.3 Å². The SMILES string of the molecule is CC(C)(C)OC(=O)N1CCC[C@@H](Nc2ncc3nc(Nc4c(F)cc(F)cc4F)n([C@H]4CC[C@@H](C(N)=O)CC4)c3n2)C1. The summed E-state index contributed by atoms with van der Waals surface area (Å²) in [5, 5.41) is 5.99. The van der Waals surface area contributed by atoms with Crippen molar-refractivity contribution in [2.75, 3.05) is 23.7 Å². The van der Waals surface area contributed by atoms with Crippen LogP contribution < -0.4 is 16.4 Å². The van der Waals surface area contributed by atoms with Crippen molar-refractivity contribution in [2.45, 2.75) is 77.0 Å². The highest BCUT2D eigenvalue weighted by Crippen LogP contribution is 2.37. The second kappa shape index (κ2) is 11.6. The lowest BCUT2D eigenvalue weighted by atomic mass is 9.85. The molecule has 0 radical (unpaired) electrons. The Morgan fingerprint density at radius 1 is 1.05 bits per heavy atom. The van der Waals surface area contributed by atoms with Crippen LogP contribution in [0.5, 0.6) is 0 Å². The summed E-state index contributed by atoms with van der Waals surface area (Å²) in [5.41, 5.74) is 5.16. The molecule has 42 heavy (non-hydrogen) atoms. The van der Waals surface area contributed by atoms with Crippen molar-refractivity contribution in [1.29, 1.82) is 0 Å². The summed E-state index contributed by atoms with van der Waals surface area (Å²) in [7, 11) is 0. The van der Waals surface area contributed by atoms with E-state index in [1.54, 1.807) is 9.47 Å². The van der Waals surface area contributed by atoms with Crippen LogP contribution in [0.1, 0.15) is 65.3 Å². The third-order valence-electron chi connectivity index (χ3n) is 7.55. The minimum atomic E-state index is -1.11. The number of benzene rings is 1. The van der Waals surface area contributed by atoms with Gasteiger partial charge >= 0.3 is 6.09 Å². The maximum atomic E-state index is 14.6. The largest absolute Gasteiger partial charge is 0.444 e. The molecule has 1 aliphatic heterocycles. The van der Waals surface area contributed by atoms with Crippen molar-refractivity contribution in [2.24, 2.45) is 11.7 Å². The van der Waals surface area contributed by atoms with Crippen LogP contribution in [0.4, 0.5) is 35.5 Å². The number of nitrogens with zero attached hydrogens (tertiary/aromatic N) is 5. The highest BCUT2D eigenvalue weighted by Gasteiger charge is 2.31. The number of nitrogens with two attached hydrogens (primary N) is 1. The molecule has 0 bridgehead atoms. The summed E-state index contributed by atoms with van der Waals surface area (Å²) >= 11 is 0. The Kier molecular flexibility index (Phi) is 8.15. The first-order valence-electron chi connectivity index (χ1n) is 14.1.